The molecule has 2 aromatic rings. The molecule has 6 nitrogen and oxygen atoms in total. The molecule has 1 atom stereocenters. The molecule has 0 saturated carbocycles. The summed E-state index contributed by atoms with van der Waals surface area (Å²) in [6.45, 7) is 3.64. The number of amides is 2. The van der Waals surface area contributed by atoms with E-state index in [1.165, 1.54) is 0 Å². The number of nitrogens with zero attached hydrogens (tertiary/aromatic N) is 1. The normalized spacial score (nSPS) is 11.8. The Bertz CT molecular complexity index is 595. The third-order valence-electron chi connectivity index (χ3n) is 2.82. The van der Waals surface area contributed by atoms with Gasteiger partial charge in [-0.05, 0) is 19.9 Å². The first-order valence-electron chi connectivity index (χ1n) is 6.24. The van der Waals surface area contributed by atoms with Crippen LogP contribution < -0.4 is 15.4 Å². The first-order chi connectivity index (χ1) is 9.60. The van der Waals surface area contributed by atoms with Crippen molar-refractivity contribution in [3.63, 3.8) is 0 Å². The molecule has 1 heterocycles. The molecular weight excluding hydrogens is 258 g/mol. The second kappa shape index (κ2) is 6.10. The number of carbonyl (C=O) groups is 1. The highest BCUT2D eigenvalue weighted by atomic mass is 16.5. The number of hydrogen-bond donors (Lipinski definition) is 2. The van der Waals surface area contributed by atoms with E-state index in [-0.39, 0.29) is 12.1 Å². The molecule has 20 heavy (non-hydrogen) atoms. The van der Waals surface area contributed by atoms with Gasteiger partial charge in [0.2, 0.25) is 0 Å². The lowest BCUT2D eigenvalue weighted by molar-refractivity contribution is 0.249. The van der Waals surface area contributed by atoms with Gasteiger partial charge < -0.3 is 14.6 Å². The number of benzene rings is 1. The Kier molecular flexibility index (Phi) is 4.24. The number of carbonyl (C=O) groups excluding carboxylic acids is 1. The molecule has 0 spiro atoms. The maximum atomic E-state index is 11.9. The van der Waals surface area contributed by atoms with E-state index in [9.17, 15) is 4.79 Å². The number of nitrogens with one attached hydrogen (secondary N) is 2. The van der Waals surface area contributed by atoms with Crippen LogP contribution in [0.4, 0.5) is 10.6 Å². The predicted molar refractivity (Wildman–Crippen MR) is 74.8 cm³/mol. The smallest absolute Gasteiger partial charge is 0.320 e. The Morgan fingerprint density at radius 3 is 2.80 bits per heavy atom. The van der Waals surface area contributed by atoms with Crippen LogP contribution in [0.5, 0.6) is 5.75 Å². The van der Waals surface area contributed by atoms with Crippen molar-refractivity contribution in [3.8, 4) is 5.75 Å². The average Bonchev–Trinajstić information content (AvgIpc) is 2.83. The van der Waals surface area contributed by atoms with Gasteiger partial charge in [0.15, 0.2) is 5.82 Å². The molecule has 6 heteroatoms. The van der Waals surface area contributed by atoms with Gasteiger partial charge in [0.05, 0.1) is 13.2 Å². The van der Waals surface area contributed by atoms with Crippen LogP contribution in [-0.4, -0.2) is 18.3 Å². The second-order valence-corrected chi connectivity index (χ2v) is 4.38. The summed E-state index contributed by atoms with van der Waals surface area (Å²) >= 11 is 0. The van der Waals surface area contributed by atoms with E-state index in [2.05, 4.69) is 15.8 Å². The Morgan fingerprint density at radius 2 is 2.15 bits per heavy atom. The van der Waals surface area contributed by atoms with Crippen LogP contribution in [-0.2, 0) is 0 Å². The molecule has 0 fully saturated rings. The Labute approximate surface area is 117 Å². The van der Waals surface area contributed by atoms with Crippen molar-refractivity contribution < 1.29 is 14.1 Å². The van der Waals surface area contributed by atoms with Gasteiger partial charge in [0, 0.05) is 11.6 Å². The van der Waals surface area contributed by atoms with Crippen LogP contribution in [0.15, 0.2) is 34.9 Å². The van der Waals surface area contributed by atoms with Crippen molar-refractivity contribution >= 4 is 11.8 Å². The van der Waals surface area contributed by atoms with Gasteiger partial charge in [0.1, 0.15) is 11.5 Å². The van der Waals surface area contributed by atoms with Crippen molar-refractivity contribution in [2.75, 3.05) is 12.4 Å². The Balaban J connectivity index is 2.00. The first-order valence-corrected chi connectivity index (χ1v) is 6.24. The van der Waals surface area contributed by atoms with Crippen LogP contribution in [0.1, 0.15) is 24.3 Å². The minimum atomic E-state index is -0.350. The van der Waals surface area contributed by atoms with Crippen molar-refractivity contribution in [1.82, 2.24) is 10.5 Å². The van der Waals surface area contributed by atoms with Crippen LogP contribution in [0.3, 0.4) is 0 Å². The van der Waals surface area contributed by atoms with Gasteiger partial charge in [-0.15, -0.1) is 0 Å². The van der Waals surface area contributed by atoms with E-state index in [0.29, 0.717) is 11.6 Å². The first kappa shape index (κ1) is 13.9. The van der Waals surface area contributed by atoms with Crippen LogP contribution >= 0.6 is 0 Å². The van der Waals surface area contributed by atoms with E-state index in [1.807, 2.05) is 31.2 Å². The molecular formula is C14H17N3O3. The topological polar surface area (TPSA) is 76.4 Å². The van der Waals surface area contributed by atoms with Gasteiger partial charge in [-0.2, -0.15) is 0 Å². The third-order valence-corrected chi connectivity index (χ3v) is 2.82. The summed E-state index contributed by atoms with van der Waals surface area (Å²) in [5.74, 6) is 1.75. The van der Waals surface area contributed by atoms with E-state index in [1.54, 1.807) is 20.1 Å². The SMILES string of the molecule is COc1ccccc1[C@H](C)NC(=O)Nc1cc(C)on1. The average molecular weight is 275 g/mol. The van der Waals surface area contributed by atoms with Crippen LogP contribution in [0.25, 0.3) is 0 Å². The number of anilines is 1. The minimum Gasteiger partial charge on any atom is -0.496 e. The van der Waals surface area contributed by atoms with E-state index >= 15 is 0 Å². The molecule has 0 bridgehead atoms. The fourth-order valence-corrected chi connectivity index (χ4v) is 1.88. The van der Waals surface area contributed by atoms with Gasteiger partial charge in [-0.1, -0.05) is 23.4 Å². The zero-order valence-electron chi connectivity index (χ0n) is 11.6. The number of urea groups is 1. The fraction of sp³-hybridized carbons (Fsp3) is 0.286. The molecule has 2 amide bonds. The zero-order valence-corrected chi connectivity index (χ0v) is 11.6. The Hall–Kier alpha value is -2.50. The molecule has 106 valence electrons. The summed E-state index contributed by atoms with van der Waals surface area (Å²) in [5.41, 5.74) is 0.904. The van der Waals surface area contributed by atoms with Crippen molar-refractivity contribution in [3.05, 3.63) is 41.7 Å². The number of hydrogen-bond acceptors (Lipinski definition) is 4. The molecule has 0 aliphatic rings. The largest absolute Gasteiger partial charge is 0.496 e. The maximum absolute atomic E-state index is 11.9. The number of para-hydroxylation sites is 1. The number of ether oxygens (including phenoxy) is 1. The van der Waals surface area contributed by atoms with Crippen LogP contribution in [0.2, 0.25) is 0 Å². The number of aryl methyl sites for hydroxylation is 1. The number of rotatable bonds is 4. The Morgan fingerprint density at radius 1 is 1.40 bits per heavy atom. The molecule has 0 saturated heterocycles. The number of methoxy groups -OCH3 is 1. The standard InChI is InChI=1S/C14H17N3O3/c1-9-8-13(17-20-9)16-14(18)15-10(2)11-6-4-5-7-12(11)19-3/h4-8,10H,1-3H3,(H2,15,16,17,18)/t10-/m0/s1. The number of aromatic nitrogens is 1. The molecule has 1 aromatic heterocycles. The molecule has 1 aromatic carbocycles. The van der Waals surface area contributed by atoms with Gasteiger partial charge in [-0.3, -0.25) is 5.32 Å². The summed E-state index contributed by atoms with van der Waals surface area (Å²) in [5, 5.41) is 9.12. The lowest BCUT2D eigenvalue weighted by Crippen LogP contribution is -2.31. The van der Waals surface area contributed by atoms with E-state index in [4.69, 9.17) is 9.26 Å². The van der Waals surface area contributed by atoms with Gasteiger partial charge in [-0.25, -0.2) is 4.79 Å². The van der Waals surface area contributed by atoms with Gasteiger partial charge >= 0.3 is 6.03 Å². The highest BCUT2D eigenvalue weighted by Gasteiger charge is 2.14. The predicted octanol–water partition coefficient (Wildman–Crippen LogP) is 2.87. The molecule has 0 aliphatic carbocycles. The van der Waals surface area contributed by atoms with Crippen molar-refractivity contribution in [2.24, 2.45) is 0 Å². The summed E-state index contributed by atoms with van der Waals surface area (Å²) in [4.78, 5) is 11.9. The second-order valence-electron chi connectivity index (χ2n) is 4.38. The summed E-state index contributed by atoms with van der Waals surface area (Å²) in [6.07, 6.45) is 0. The maximum Gasteiger partial charge on any atom is 0.320 e. The highest BCUT2D eigenvalue weighted by molar-refractivity contribution is 5.88. The molecule has 0 unspecified atom stereocenters. The minimum absolute atomic E-state index is 0.195. The van der Waals surface area contributed by atoms with Crippen molar-refractivity contribution in [2.45, 2.75) is 19.9 Å². The molecule has 0 aliphatic heterocycles. The van der Waals surface area contributed by atoms with E-state index in [0.717, 1.165) is 11.3 Å². The molecule has 2 N–H and O–H groups in total. The summed E-state index contributed by atoms with van der Waals surface area (Å²) in [6, 6.07) is 8.64. The lowest BCUT2D eigenvalue weighted by atomic mass is 10.1. The van der Waals surface area contributed by atoms with Gasteiger partial charge in [0.25, 0.3) is 0 Å². The van der Waals surface area contributed by atoms with E-state index < -0.39 is 0 Å². The van der Waals surface area contributed by atoms with Crippen LogP contribution in [0, 0.1) is 6.92 Å². The molecule has 2 rings (SSSR count). The highest BCUT2D eigenvalue weighted by Crippen LogP contribution is 2.24. The third kappa shape index (κ3) is 3.28. The zero-order chi connectivity index (χ0) is 14.5. The monoisotopic (exact) mass is 275 g/mol. The summed E-state index contributed by atoms with van der Waals surface area (Å²) < 4.78 is 10.1. The lowest BCUT2D eigenvalue weighted by Gasteiger charge is -2.17. The quantitative estimate of drug-likeness (QED) is 0.899. The summed E-state index contributed by atoms with van der Waals surface area (Å²) in [7, 11) is 1.60. The fourth-order valence-electron chi connectivity index (χ4n) is 1.88. The molecule has 0 radical (unpaired) electrons. The van der Waals surface area contributed by atoms with Crippen molar-refractivity contribution in [1.29, 1.82) is 0 Å².